The maximum Gasteiger partial charge on any atom is 0.243 e. The molecule has 3 rings (SSSR count). The Balaban J connectivity index is 1.61. The summed E-state index contributed by atoms with van der Waals surface area (Å²) < 4.78 is 5.44. The van der Waals surface area contributed by atoms with Crippen molar-refractivity contribution in [1.29, 1.82) is 0 Å². The molecule has 6 nitrogen and oxygen atoms in total. The van der Waals surface area contributed by atoms with Gasteiger partial charge >= 0.3 is 0 Å². The molecular weight excluding hydrogens is 364 g/mol. The average Bonchev–Trinajstić information content (AvgIpc) is 2.75. The van der Waals surface area contributed by atoms with Crippen molar-refractivity contribution in [2.45, 2.75) is 20.8 Å². The molecule has 0 aromatic heterocycles. The third-order valence-corrected chi connectivity index (χ3v) is 5.31. The summed E-state index contributed by atoms with van der Waals surface area (Å²) in [4.78, 5) is 17.1. The lowest BCUT2D eigenvalue weighted by atomic mass is 10.1. The Labute approximate surface area is 173 Å². The smallest absolute Gasteiger partial charge is 0.243 e. The topological polar surface area (TPSA) is 56.8 Å². The fourth-order valence-electron chi connectivity index (χ4n) is 3.66. The van der Waals surface area contributed by atoms with Gasteiger partial charge in [-0.25, -0.2) is 0 Å². The molecule has 0 atom stereocenters. The van der Waals surface area contributed by atoms with Gasteiger partial charge in [-0.05, 0) is 56.7 Å². The predicted octanol–water partition coefficient (Wildman–Crippen LogP) is 3.73. The van der Waals surface area contributed by atoms with Crippen molar-refractivity contribution in [1.82, 2.24) is 0 Å². The van der Waals surface area contributed by atoms with Gasteiger partial charge in [-0.2, -0.15) is 0 Å². The van der Waals surface area contributed by atoms with Gasteiger partial charge in [0.1, 0.15) is 0 Å². The molecule has 29 heavy (non-hydrogen) atoms. The van der Waals surface area contributed by atoms with E-state index in [1.165, 1.54) is 5.69 Å². The monoisotopic (exact) mass is 396 g/mol. The van der Waals surface area contributed by atoms with Gasteiger partial charge in [-0.1, -0.05) is 12.1 Å². The molecule has 0 radical (unpaired) electrons. The van der Waals surface area contributed by atoms with E-state index in [4.69, 9.17) is 4.74 Å². The number of nitrogens with one attached hydrogen (secondary N) is 2. The van der Waals surface area contributed by atoms with E-state index in [0.717, 1.165) is 48.8 Å². The maximum absolute atomic E-state index is 12.6. The van der Waals surface area contributed by atoms with Crippen LogP contribution in [-0.4, -0.2) is 51.8 Å². The van der Waals surface area contributed by atoms with Crippen molar-refractivity contribution in [3.63, 3.8) is 0 Å². The number of aryl methyl sites for hydroxylation is 1. The number of carbonyl (C=O) groups is 1. The van der Waals surface area contributed by atoms with Gasteiger partial charge in [-0.3, -0.25) is 4.79 Å². The first-order valence-electron chi connectivity index (χ1n) is 10.4. The van der Waals surface area contributed by atoms with E-state index in [1.807, 2.05) is 24.3 Å². The zero-order valence-electron chi connectivity index (χ0n) is 17.7. The second kappa shape index (κ2) is 10.2. The summed E-state index contributed by atoms with van der Waals surface area (Å²) >= 11 is 0. The van der Waals surface area contributed by atoms with E-state index >= 15 is 0 Å². The molecule has 0 aliphatic carbocycles. The molecule has 1 heterocycles. The Morgan fingerprint density at radius 2 is 1.79 bits per heavy atom. The van der Waals surface area contributed by atoms with Crippen LogP contribution in [0.1, 0.15) is 19.4 Å². The number of ether oxygens (including phenoxy) is 1. The van der Waals surface area contributed by atoms with E-state index in [0.29, 0.717) is 13.2 Å². The van der Waals surface area contributed by atoms with Crippen LogP contribution in [0.5, 0.6) is 0 Å². The minimum atomic E-state index is -0.0575. The van der Waals surface area contributed by atoms with Crippen LogP contribution in [0.4, 0.5) is 22.7 Å². The SMILES string of the molecule is CCN(CC)c1ccc(NCC(=O)Nc2ccccc2N2CCOCC2)c(C)c1. The van der Waals surface area contributed by atoms with Crippen LogP contribution in [0.2, 0.25) is 0 Å². The Morgan fingerprint density at radius 1 is 1.07 bits per heavy atom. The fraction of sp³-hybridized carbons (Fsp3) is 0.435. The summed E-state index contributed by atoms with van der Waals surface area (Å²) in [5.74, 6) is -0.0575. The van der Waals surface area contributed by atoms with Crippen molar-refractivity contribution < 1.29 is 9.53 Å². The zero-order chi connectivity index (χ0) is 20.6. The molecule has 1 amide bonds. The fourth-order valence-corrected chi connectivity index (χ4v) is 3.66. The first-order chi connectivity index (χ1) is 14.1. The zero-order valence-corrected chi connectivity index (χ0v) is 17.7. The molecule has 156 valence electrons. The summed E-state index contributed by atoms with van der Waals surface area (Å²) in [7, 11) is 0. The number of morpholine rings is 1. The number of hydrogen-bond donors (Lipinski definition) is 2. The normalized spacial score (nSPS) is 13.8. The first-order valence-corrected chi connectivity index (χ1v) is 10.4. The average molecular weight is 397 g/mol. The van der Waals surface area contributed by atoms with Gasteiger partial charge in [0, 0.05) is 37.6 Å². The molecule has 2 aromatic carbocycles. The summed E-state index contributed by atoms with van der Waals surface area (Å²) in [6, 6.07) is 14.3. The van der Waals surface area contributed by atoms with Crippen molar-refractivity contribution in [2.24, 2.45) is 0 Å². The molecule has 1 aliphatic heterocycles. The molecule has 0 unspecified atom stereocenters. The lowest BCUT2D eigenvalue weighted by Crippen LogP contribution is -2.37. The third kappa shape index (κ3) is 5.41. The highest BCUT2D eigenvalue weighted by Gasteiger charge is 2.15. The highest BCUT2D eigenvalue weighted by Crippen LogP contribution is 2.26. The van der Waals surface area contributed by atoms with Gasteiger partial charge in [-0.15, -0.1) is 0 Å². The number of rotatable bonds is 8. The van der Waals surface area contributed by atoms with Gasteiger partial charge < -0.3 is 25.2 Å². The van der Waals surface area contributed by atoms with E-state index in [1.54, 1.807) is 0 Å². The largest absolute Gasteiger partial charge is 0.378 e. The minimum Gasteiger partial charge on any atom is -0.378 e. The first kappa shape index (κ1) is 21.0. The van der Waals surface area contributed by atoms with Crippen LogP contribution in [0.15, 0.2) is 42.5 Å². The second-order valence-electron chi connectivity index (χ2n) is 7.19. The standard InChI is InChI=1S/C23H32N4O2/c1-4-26(5-2)19-10-11-20(18(3)16-19)24-17-23(28)25-21-8-6-7-9-22(21)27-12-14-29-15-13-27/h6-11,16,24H,4-5,12-15,17H2,1-3H3,(H,25,28). The molecule has 1 fully saturated rings. The summed E-state index contributed by atoms with van der Waals surface area (Å²) in [6.45, 7) is 11.7. The van der Waals surface area contributed by atoms with Crippen LogP contribution in [0.25, 0.3) is 0 Å². The summed E-state index contributed by atoms with van der Waals surface area (Å²) in [5.41, 5.74) is 5.22. The molecular formula is C23H32N4O2. The molecule has 0 spiro atoms. The van der Waals surface area contributed by atoms with E-state index in [9.17, 15) is 4.79 Å². The number of hydrogen-bond acceptors (Lipinski definition) is 5. The number of anilines is 4. The highest BCUT2D eigenvalue weighted by atomic mass is 16.5. The predicted molar refractivity (Wildman–Crippen MR) is 121 cm³/mol. The van der Waals surface area contributed by atoms with E-state index < -0.39 is 0 Å². The van der Waals surface area contributed by atoms with Crippen LogP contribution in [0.3, 0.4) is 0 Å². The summed E-state index contributed by atoms with van der Waals surface area (Å²) in [5, 5.41) is 6.32. The molecule has 0 bridgehead atoms. The highest BCUT2D eigenvalue weighted by molar-refractivity contribution is 5.97. The Bertz CT molecular complexity index is 814. The van der Waals surface area contributed by atoms with Crippen LogP contribution in [0, 0.1) is 6.92 Å². The van der Waals surface area contributed by atoms with Gasteiger partial charge in [0.25, 0.3) is 0 Å². The van der Waals surface area contributed by atoms with Crippen LogP contribution in [-0.2, 0) is 9.53 Å². The molecule has 1 saturated heterocycles. The van der Waals surface area contributed by atoms with Gasteiger partial charge in [0.15, 0.2) is 0 Å². The van der Waals surface area contributed by atoms with E-state index in [2.05, 4.69) is 59.4 Å². The molecule has 2 aromatic rings. The van der Waals surface area contributed by atoms with Crippen LogP contribution >= 0.6 is 0 Å². The van der Waals surface area contributed by atoms with Crippen molar-refractivity contribution in [2.75, 3.05) is 66.4 Å². The third-order valence-electron chi connectivity index (χ3n) is 5.31. The lowest BCUT2D eigenvalue weighted by Gasteiger charge is -2.30. The minimum absolute atomic E-state index is 0.0575. The van der Waals surface area contributed by atoms with E-state index in [-0.39, 0.29) is 12.5 Å². The van der Waals surface area contributed by atoms with Crippen molar-refractivity contribution in [3.05, 3.63) is 48.0 Å². The maximum atomic E-state index is 12.6. The van der Waals surface area contributed by atoms with Gasteiger partial charge in [0.2, 0.25) is 5.91 Å². The van der Waals surface area contributed by atoms with Gasteiger partial charge in [0.05, 0.1) is 31.1 Å². The molecule has 6 heteroatoms. The number of benzene rings is 2. The Kier molecular flexibility index (Phi) is 7.36. The molecule has 0 saturated carbocycles. The second-order valence-corrected chi connectivity index (χ2v) is 7.19. The Hall–Kier alpha value is -2.73. The number of para-hydroxylation sites is 2. The number of carbonyl (C=O) groups excluding carboxylic acids is 1. The van der Waals surface area contributed by atoms with Crippen molar-refractivity contribution in [3.8, 4) is 0 Å². The summed E-state index contributed by atoms with van der Waals surface area (Å²) in [6.07, 6.45) is 0. The lowest BCUT2D eigenvalue weighted by molar-refractivity contribution is -0.114. The molecule has 2 N–H and O–H groups in total. The molecule has 1 aliphatic rings. The van der Waals surface area contributed by atoms with Crippen LogP contribution < -0.4 is 20.4 Å². The Morgan fingerprint density at radius 3 is 2.48 bits per heavy atom. The quantitative estimate of drug-likeness (QED) is 0.712. The number of nitrogens with zero attached hydrogens (tertiary/aromatic N) is 2. The number of amides is 1. The van der Waals surface area contributed by atoms with Crippen molar-refractivity contribution >= 4 is 28.7 Å².